The topological polar surface area (TPSA) is 0 Å². The van der Waals surface area contributed by atoms with E-state index in [1.54, 1.807) is 10.4 Å². The first kappa shape index (κ1) is 23.4. The Kier molecular flexibility index (Phi) is 5.17. The van der Waals surface area contributed by atoms with Gasteiger partial charge in [-0.25, -0.2) is 0 Å². The zero-order valence-electron chi connectivity index (χ0n) is 22.0. The first-order valence-corrected chi connectivity index (χ1v) is 19.6. The normalized spacial score (nSPS) is 29.1. The van der Waals surface area contributed by atoms with Gasteiger partial charge in [0.15, 0.2) is 0 Å². The Hall–Kier alpha value is -3.73. The van der Waals surface area contributed by atoms with Crippen molar-refractivity contribution in [2.75, 3.05) is 0 Å². The lowest BCUT2D eigenvalue weighted by atomic mass is 9.74. The molecule has 8 rings (SSSR count). The maximum absolute atomic E-state index is 2.73. The van der Waals surface area contributed by atoms with Crippen LogP contribution in [0.15, 0.2) is 158 Å². The van der Waals surface area contributed by atoms with Gasteiger partial charge in [0.1, 0.15) is 15.2 Å². The summed E-state index contributed by atoms with van der Waals surface area (Å²) in [5.41, 5.74) is 5.85. The lowest BCUT2D eigenvalue weighted by Gasteiger charge is -2.69. The second-order valence-electron chi connectivity index (χ2n) is 11.2. The number of allylic oxidation sites excluding steroid dienone is 2. The van der Waals surface area contributed by atoms with Crippen LogP contribution in [-0.2, 0) is 10.1 Å². The van der Waals surface area contributed by atoms with E-state index in [2.05, 4.69) is 171 Å². The van der Waals surface area contributed by atoms with Gasteiger partial charge in [-0.3, -0.25) is 0 Å². The van der Waals surface area contributed by atoms with Crippen LogP contribution in [0.25, 0.3) is 0 Å². The SMILES string of the molecule is C[Si@]1(c2ccccc2)C2(c3ccccc3)C=CC(c3ccccc3)(c3ccccc32)[Si@@]1(C)c1ccccc1. The molecule has 184 valence electrons. The molecule has 2 aliphatic heterocycles. The van der Waals surface area contributed by atoms with Crippen LogP contribution in [0, 0.1) is 0 Å². The third-order valence-electron chi connectivity index (χ3n) is 10.1. The van der Waals surface area contributed by atoms with Crippen molar-refractivity contribution >= 4 is 25.6 Å². The van der Waals surface area contributed by atoms with Gasteiger partial charge in [0.2, 0.25) is 0 Å². The maximum Gasteiger partial charge on any atom is 0.104 e. The monoisotopic (exact) mass is 520 g/mol. The van der Waals surface area contributed by atoms with Gasteiger partial charge in [-0.2, -0.15) is 0 Å². The Balaban J connectivity index is 1.75. The van der Waals surface area contributed by atoms with Crippen LogP contribution in [0.2, 0.25) is 13.1 Å². The Labute approximate surface area is 228 Å². The predicted molar refractivity (Wildman–Crippen MR) is 165 cm³/mol. The van der Waals surface area contributed by atoms with E-state index in [1.165, 1.54) is 22.3 Å². The highest BCUT2D eigenvalue weighted by molar-refractivity contribution is 7.53. The molecule has 0 N–H and O–H groups in total. The maximum atomic E-state index is 2.73. The second-order valence-corrected chi connectivity index (χ2v) is 24.4. The molecule has 0 aromatic heterocycles. The van der Waals surface area contributed by atoms with Crippen LogP contribution in [0.5, 0.6) is 0 Å². The number of hydrogen-bond acceptors (Lipinski definition) is 0. The molecule has 2 heterocycles. The molecule has 0 spiro atoms. The van der Waals surface area contributed by atoms with Crippen molar-refractivity contribution in [2.45, 2.75) is 23.2 Å². The summed E-state index contributed by atoms with van der Waals surface area (Å²) in [4.78, 5) is 0. The average Bonchev–Trinajstić information content (AvgIpc) is 3.01. The third-order valence-corrected chi connectivity index (χ3v) is 29.8. The van der Waals surface area contributed by atoms with Gasteiger partial charge in [0.25, 0.3) is 0 Å². The molecule has 38 heavy (non-hydrogen) atoms. The molecule has 0 fully saturated rings. The van der Waals surface area contributed by atoms with Crippen molar-refractivity contribution in [2.24, 2.45) is 0 Å². The van der Waals surface area contributed by atoms with E-state index >= 15 is 0 Å². The fourth-order valence-electron chi connectivity index (χ4n) is 8.32. The van der Waals surface area contributed by atoms with Gasteiger partial charge in [-0.05, 0) is 22.3 Å². The summed E-state index contributed by atoms with van der Waals surface area (Å²) in [7, 11) is -4.86. The molecule has 5 aromatic carbocycles. The molecular formula is C36H32Si2. The van der Waals surface area contributed by atoms with E-state index in [9.17, 15) is 0 Å². The average molecular weight is 521 g/mol. The minimum absolute atomic E-state index is 0.167. The molecule has 2 heteroatoms. The van der Waals surface area contributed by atoms with Crippen molar-refractivity contribution in [1.29, 1.82) is 0 Å². The van der Waals surface area contributed by atoms with Crippen molar-refractivity contribution in [3.8, 4) is 0 Å². The van der Waals surface area contributed by atoms with Gasteiger partial charge in [-0.15, -0.1) is 0 Å². The van der Waals surface area contributed by atoms with Gasteiger partial charge in [-0.1, -0.05) is 181 Å². The highest BCUT2D eigenvalue weighted by atomic mass is 29.3. The Morgan fingerprint density at radius 1 is 0.368 bits per heavy atom. The number of benzene rings is 5. The Morgan fingerprint density at radius 2 is 0.658 bits per heavy atom. The summed E-state index contributed by atoms with van der Waals surface area (Å²) in [6, 6.07) is 55.4. The Bertz CT molecular complexity index is 1510. The van der Waals surface area contributed by atoms with E-state index in [-0.39, 0.29) is 10.1 Å². The highest BCUT2D eigenvalue weighted by Crippen LogP contribution is 2.63. The molecule has 3 aliphatic rings. The highest BCUT2D eigenvalue weighted by Gasteiger charge is 2.75. The van der Waals surface area contributed by atoms with Crippen LogP contribution in [0.4, 0.5) is 0 Å². The first-order chi connectivity index (χ1) is 18.6. The summed E-state index contributed by atoms with van der Waals surface area (Å²) < 4.78 is 0. The molecule has 0 amide bonds. The third kappa shape index (κ3) is 2.64. The minimum Gasteiger partial charge on any atom is -0.0754 e. The van der Waals surface area contributed by atoms with Crippen LogP contribution in [0.1, 0.15) is 22.3 Å². The predicted octanol–water partition coefficient (Wildman–Crippen LogP) is 6.97. The van der Waals surface area contributed by atoms with E-state index < -0.39 is 15.2 Å². The van der Waals surface area contributed by atoms with Crippen LogP contribution < -0.4 is 10.4 Å². The summed E-state index contributed by atoms with van der Waals surface area (Å²) in [5, 5.41) is 2.78. The smallest absolute Gasteiger partial charge is 0.0754 e. The van der Waals surface area contributed by atoms with Gasteiger partial charge in [0.05, 0.1) is 0 Å². The van der Waals surface area contributed by atoms with Crippen molar-refractivity contribution < 1.29 is 0 Å². The molecule has 4 atom stereocenters. The quantitative estimate of drug-likeness (QED) is 0.177. The van der Waals surface area contributed by atoms with Crippen LogP contribution in [-0.4, -0.2) is 15.2 Å². The lowest BCUT2D eigenvalue weighted by molar-refractivity contribution is 0.728. The van der Waals surface area contributed by atoms with Crippen LogP contribution >= 0.6 is 0 Å². The summed E-state index contributed by atoms with van der Waals surface area (Å²) >= 11 is 0. The molecule has 0 nitrogen and oxygen atoms in total. The Morgan fingerprint density at radius 3 is 1.00 bits per heavy atom. The molecule has 0 radical (unpaired) electrons. The molecule has 2 unspecified atom stereocenters. The summed E-state index contributed by atoms with van der Waals surface area (Å²) in [6.45, 7) is 5.46. The van der Waals surface area contributed by atoms with E-state index in [0.29, 0.717) is 0 Å². The first-order valence-electron chi connectivity index (χ1n) is 13.6. The number of rotatable bonds is 4. The van der Waals surface area contributed by atoms with E-state index in [1.807, 2.05) is 0 Å². The van der Waals surface area contributed by atoms with Crippen molar-refractivity contribution in [3.63, 3.8) is 0 Å². The minimum atomic E-state index is -2.43. The summed E-state index contributed by atoms with van der Waals surface area (Å²) in [5.74, 6) is 0. The van der Waals surface area contributed by atoms with E-state index in [4.69, 9.17) is 0 Å². The fourth-order valence-corrected chi connectivity index (χ4v) is 28.9. The van der Waals surface area contributed by atoms with E-state index in [0.717, 1.165) is 0 Å². The second kappa shape index (κ2) is 8.39. The zero-order chi connectivity index (χ0) is 25.8. The molecule has 5 aromatic rings. The molecular weight excluding hydrogens is 489 g/mol. The van der Waals surface area contributed by atoms with Gasteiger partial charge in [0, 0.05) is 10.1 Å². The summed E-state index contributed by atoms with van der Waals surface area (Å²) in [6.07, 6.45) is 5.29. The molecule has 1 aliphatic carbocycles. The van der Waals surface area contributed by atoms with Crippen molar-refractivity contribution in [1.82, 2.24) is 0 Å². The number of fused-ring (bicyclic) bond motifs is 1. The molecule has 0 saturated carbocycles. The lowest BCUT2D eigenvalue weighted by Crippen LogP contribution is -2.90. The molecule has 0 saturated heterocycles. The zero-order valence-corrected chi connectivity index (χ0v) is 24.0. The van der Waals surface area contributed by atoms with Gasteiger partial charge >= 0.3 is 0 Å². The fraction of sp³-hybridized carbons (Fsp3) is 0.111. The number of hydrogen-bond donors (Lipinski definition) is 0. The van der Waals surface area contributed by atoms with Gasteiger partial charge < -0.3 is 0 Å². The van der Waals surface area contributed by atoms with Crippen molar-refractivity contribution in [3.05, 3.63) is 180 Å². The standard InChI is InChI=1S/C36H32Si2/c1-37(31-21-11-5-12-22-31)35(29-17-7-3-8-18-29)27-28-36(30-19-9-4-10-20-30,34-26-16-15-25-33(34)35)38(37,2)32-23-13-6-14-24-32/h3-28H,1-2H3/t35?,36?,37-,38+. The largest absolute Gasteiger partial charge is 0.104 e. The molecule has 2 bridgehead atoms. The van der Waals surface area contributed by atoms with Crippen LogP contribution in [0.3, 0.4) is 0 Å².